The minimum atomic E-state index is -3.31. The Balaban J connectivity index is 2.25. The lowest BCUT2D eigenvalue weighted by molar-refractivity contribution is 0.601. The summed E-state index contributed by atoms with van der Waals surface area (Å²) >= 11 is 1.22. The van der Waals surface area contributed by atoms with Crippen molar-refractivity contribution in [3.63, 3.8) is 0 Å². The van der Waals surface area contributed by atoms with Gasteiger partial charge >= 0.3 is 0 Å². The Kier molecular flexibility index (Phi) is 3.61. The topological polar surface area (TPSA) is 47.0 Å². The molecule has 1 aromatic heterocycles. The van der Waals surface area contributed by atoms with Gasteiger partial charge in [-0.15, -0.1) is 11.3 Å². The fraction of sp³-hybridized carbons (Fsp3) is 0.0625. The molecule has 0 amide bonds. The van der Waals surface area contributed by atoms with E-state index in [1.807, 2.05) is 60.7 Å². The molecule has 106 valence electrons. The van der Waals surface area contributed by atoms with E-state index in [-0.39, 0.29) is 4.34 Å². The molecule has 0 saturated carbocycles. The lowest BCUT2D eigenvalue weighted by Gasteiger charge is -2.02. The highest BCUT2D eigenvalue weighted by Gasteiger charge is 2.20. The van der Waals surface area contributed by atoms with E-state index < -0.39 is 9.84 Å². The molecular weight excluding hydrogens is 302 g/mol. The minimum Gasteiger partial charge on any atom is -0.224 e. The zero-order valence-corrected chi connectivity index (χ0v) is 13.0. The number of hydrogen-bond donors (Lipinski definition) is 0. The van der Waals surface area contributed by atoms with E-state index in [4.69, 9.17) is 0 Å². The zero-order chi connectivity index (χ0) is 14.9. The molecule has 3 rings (SSSR count). The largest absolute Gasteiger partial charge is 0.224 e. The van der Waals surface area contributed by atoms with Crippen LogP contribution in [0.25, 0.3) is 21.7 Å². The molecule has 0 bridgehead atoms. The predicted octanol–water partition coefficient (Wildman–Crippen LogP) is 3.88. The van der Waals surface area contributed by atoms with Gasteiger partial charge in [-0.05, 0) is 5.56 Å². The second kappa shape index (κ2) is 5.42. The summed E-state index contributed by atoms with van der Waals surface area (Å²) in [5, 5.41) is 0. The van der Waals surface area contributed by atoms with Crippen molar-refractivity contribution in [1.82, 2.24) is 4.98 Å². The molecule has 1 heterocycles. The van der Waals surface area contributed by atoms with E-state index in [0.717, 1.165) is 16.0 Å². The Morgan fingerprint density at radius 2 is 1.38 bits per heavy atom. The van der Waals surface area contributed by atoms with E-state index in [2.05, 4.69) is 4.98 Å². The summed E-state index contributed by atoms with van der Waals surface area (Å²) in [6.07, 6.45) is 1.19. The summed E-state index contributed by atoms with van der Waals surface area (Å²) in [6.45, 7) is 0. The third-order valence-electron chi connectivity index (χ3n) is 3.01. The Bertz CT molecular complexity index is 797. The predicted molar refractivity (Wildman–Crippen MR) is 86.1 cm³/mol. The van der Waals surface area contributed by atoms with Crippen molar-refractivity contribution >= 4 is 21.2 Å². The van der Waals surface area contributed by atoms with Crippen molar-refractivity contribution < 1.29 is 8.42 Å². The standard InChI is InChI=1S/C16H13NO2S2/c1-21(18,19)16-17-14(12-8-4-2-5-9-12)15(20-16)13-10-6-3-7-11-13/h2-11H,1H3. The van der Waals surface area contributed by atoms with Gasteiger partial charge in [0.1, 0.15) is 0 Å². The number of nitrogens with zero attached hydrogens (tertiary/aromatic N) is 1. The Labute approximate surface area is 127 Å². The monoisotopic (exact) mass is 315 g/mol. The Hall–Kier alpha value is -1.98. The summed E-state index contributed by atoms with van der Waals surface area (Å²) in [4.78, 5) is 5.24. The maximum Gasteiger partial charge on any atom is 0.210 e. The Morgan fingerprint density at radius 3 is 1.90 bits per heavy atom. The van der Waals surface area contributed by atoms with Crippen LogP contribution in [0.15, 0.2) is 65.0 Å². The third kappa shape index (κ3) is 2.89. The van der Waals surface area contributed by atoms with Crippen molar-refractivity contribution in [2.45, 2.75) is 4.34 Å². The van der Waals surface area contributed by atoms with Crippen LogP contribution in [0.4, 0.5) is 0 Å². The highest BCUT2D eigenvalue weighted by molar-refractivity contribution is 7.92. The molecule has 0 aliphatic heterocycles. The smallest absolute Gasteiger partial charge is 0.210 e. The van der Waals surface area contributed by atoms with Gasteiger partial charge in [-0.3, -0.25) is 0 Å². The molecule has 2 aromatic carbocycles. The first-order valence-electron chi connectivity index (χ1n) is 6.37. The lowest BCUT2D eigenvalue weighted by Crippen LogP contribution is -1.95. The van der Waals surface area contributed by atoms with Crippen molar-refractivity contribution in [3.8, 4) is 21.7 Å². The summed E-state index contributed by atoms with van der Waals surface area (Å²) in [5.41, 5.74) is 2.61. The normalized spacial score (nSPS) is 11.5. The van der Waals surface area contributed by atoms with Crippen LogP contribution >= 0.6 is 11.3 Å². The second-order valence-electron chi connectivity index (χ2n) is 4.66. The molecule has 0 atom stereocenters. The maximum absolute atomic E-state index is 11.8. The van der Waals surface area contributed by atoms with Gasteiger partial charge in [0.15, 0.2) is 0 Å². The molecule has 0 radical (unpaired) electrons. The first-order chi connectivity index (χ1) is 10.1. The average Bonchev–Trinajstić information content (AvgIpc) is 2.94. The zero-order valence-electron chi connectivity index (χ0n) is 11.4. The number of rotatable bonds is 3. The molecule has 0 N–H and O–H groups in total. The van der Waals surface area contributed by atoms with Gasteiger partial charge < -0.3 is 0 Å². The summed E-state index contributed by atoms with van der Waals surface area (Å²) in [6, 6.07) is 19.4. The van der Waals surface area contributed by atoms with Crippen LogP contribution < -0.4 is 0 Å². The number of sulfone groups is 1. The number of aromatic nitrogens is 1. The molecule has 0 aliphatic carbocycles. The molecule has 3 aromatic rings. The summed E-state index contributed by atoms with van der Waals surface area (Å²) < 4.78 is 23.8. The van der Waals surface area contributed by atoms with Gasteiger partial charge in [0.05, 0.1) is 10.6 Å². The fourth-order valence-electron chi connectivity index (χ4n) is 2.04. The van der Waals surface area contributed by atoms with Crippen LogP contribution in [0.1, 0.15) is 0 Å². The summed E-state index contributed by atoms with van der Waals surface area (Å²) in [7, 11) is -3.31. The van der Waals surface area contributed by atoms with E-state index >= 15 is 0 Å². The lowest BCUT2D eigenvalue weighted by atomic mass is 10.1. The molecule has 0 aliphatic rings. The highest BCUT2D eigenvalue weighted by Crippen LogP contribution is 2.38. The second-order valence-corrected chi connectivity index (χ2v) is 7.85. The first-order valence-corrected chi connectivity index (χ1v) is 9.08. The van der Waals surface area contributed by atoms with Crippen LogP contribution in [0, 0.1) is 0 Å². The van der Waals surface area contributed by atoms with Crippen molar-refractivity contribution in [1.29, 1.82) is 0 Å². The van der Waals surface area contributed by atoms with Crippen molar-refractivity contribution in [3.05, 3.63) is 60.7 Å². The fourth-order valence-corrected chi connectivity index (χ4v) is 3.97. The van der Waals surface area contributed by atoms with Gasteiger partial charge in [-0.25, -0.2) is 13.4 Å². The van der Waals surface area contributed by atoms with Crippen molar-refractivity contribution in [2.75, 3.05) is 6.26 Å². The molecule has 5 heteroatoms. The molecule has 0 saturated heterocycles. The number of hydrogen-bond acceptors (Lipinski definition) is 4. The average molecular weight is 315 g/mol. The number of thiazole rings is 1. The van der Waals surface area contributed by atoms with Gasteiger partial charge in [-0.2, -0.15) is 0 Å². The molecule has 0 unspecified atom stereocenters. The molecule has 3 nitrogen and oxygen atoms in total. The molecular formula is C16H13NO2S2. The van der Waals surface area contributed by atoms with Crippen LogP contribution in [0.2, 0.25) is 0 Å². The van der Waals surface area contributed by atoms with Gasteiger partial charge in [-0.1, -0.05) is 60.7 Å². The van der Waals surface area contributed by atoms with Gasteiger partial charge in [0.25, 0.3) is 0 Å². The van der Waals surface area contributed by atoms with Gasteiger partial charge in [0.2, 0.25) is 14.2 Å². The number of benzene rings is 2. The maximum atomic E-state index is 11.8. The van der Waals surface area contributed by atoms with E-state index in [9.17, 15) is 8.42 Å². The summed E-state index contributed by atoms with van der Waals surface area (Å²) in [5.74, 6) is 0. The molecule has 0 fully saturated rings. The minimum absolute atomic E-state index is 0.153. The third-order valence-corrected chi connectivity index (χ3v) is 5.79. The van der Waals surface area contributed by atoms with Crippen molar-refractivity contribution in [2.24, 2.45) is 0 Å². The van der Waals surface area contributed by atoms with Crippen LogP contribution in [-0.4, -0.2) is 19.7 Å². The van der Waals surface area contributed by atoms with E-state index in [1.54, 1.807) is 0 Å². The van der Waals surface area contributed by atoms with E-state index in [1.165, 1.54) is 17.6 Å². The van der Waals surface area contributed by atoms with Crippen LogP contribution in [-0.2, 0) is 9.84 Å². The quantitative estimate of drug-likeness (QED) is 0.737. The molecule has 21 heavy (non-hydrogen) atoms. The SMILES string of the molecule is CS(=O)(=O)c1nc(-c2ccccc2)c(-c2ccccc2)s1. The van der Waals surface area contributed by atoms with E-state index in [0.29, 0.717) is 5.69 Å². The molecule has 0 spiro atoms. The van der Waals surface area contributed by atoms with Gasteiger partial charge in [0, 0.05) is 11.8 Å². The Morgan fingerprint density at radius 1 is 0.857 bits per heavy atom. The highest BCUT2D eigenvalue weighted by atomic mass is 32.2. The first kappa shape index (κ1) is 14.0. The van der Waals surface area contributed by atoms with Crippen LogP contribution in [0.5, 0.6) is 0 Å². The van der Waals surface area contributed by atoms with Crippen LogP contribution in [0.3, 0.4) is 0 Å².